The van der Waals surface area contributed by atoms with E-state index in [9.17, 15) is 4.79 Å². The molecule has 0 saturated carbocycles. The highest BCUT2D eigenvalue weighted by Crippen LogP contribution is 2.24. The second kappa shape index (κ2) is 8.80. The van der Waals surface area contributed by atoms with Crippen LogP contribution in [0, 0.1) is 0 Å². The van der Waals surface area contributed by atoms with Crippen molar-refractivity contribution in [3.8, 4) is 0 Å². The molecule has 0 fully saturated rings. The summed E-state index contributed by atoms with van der Waals surface area (Å²) in [5, 5.41) is 11.2. The molecule has 5 nitrogen and oxygen atoms in total. The molecule has 0 radical (unpaired) electrons. The largest absolute Gasteiger partial charge is 0.331 e. The molecule has 25 heavy (non-hydrogen) atoms. The van der Waals surface area contributed by atoms with Gasteiger partial charge in [-0.05, 0) is 55.0 Å². The fraction of sp³-hybridized carbons (Fsp3) is 0.118. The Labute approximate surface area is 161 Å². The van der Waals surface area contributed by atoms with Gasteiger partial charge in [0.15, 0.2) is 5.11 Å². The van der Waals surface area contributed by atoms with Crippen LogP contribution < -0.4 is 16.1 Å². The summed E-state index contributed by atoms with van der Waals surface area (Å²) in [6, 6.07) is 12.5. The van der Waals surface area contributed by atoms with E-state index in [1.807, 2.05) is 31.2 Å². The SMILES string of the molecule is CC(=O)Nc1cccc(/C(C)=N\NC(=S)Nc2ccc(Cl)c(Cl)c2)c1. The lowest BCUT2D eigenvalue weighted by atomic mass is 10.1. The molecule has 0 saturated heterocycles. The molecule has 2 aromatic carbocycles. The highest BCUT2D eigenvalue weighted by molar-refractivity contribution is 7.80. The number of carbonyl (C=O) groups excluding carboxylic acids is 1. The zero-order valence-electron chi connectivity index (χ0n) is 13.6. The number of halogens is 2. The summed E-state index contributed by atoms with van der Waals surface area (Å²) in [6.45, 7) is 3.30. The number of nitrogens with one attached hydrogen (secondary N) is 3. The van der Waals surface area contributed by atoms with Crippen molar-refractivity contribution in [2.75, 3.05) is 10.6 Å². The molecule has 0 atom stereocenters. The van der Waals surface area contributed by atoms with Crippen molar-refractivity contribution in [1.29, 1.82) is 0 Å². The van der Waals surface area contributed by atoms with Gasteiger partial charge in [0.25, 0.3) is 0 Å². The number of thiocarbonyl (C=S) groups is 1. The molecule has 1 amide bonds. The summed E-state index contributed by atoms with van der Waals surface area (Å²) in [6.07, 6.45) is 0. The number of amides is 1. The van der Waals surface area contributed by atoms with Crippen LogP contribution in [0.1, 0.15) is 19.4 Å². The van der Waals surface area contributed by atoms with E-state index in [0.717, 1.165) is 5.56 Å². The maximum absolute atomic E-state index is 11.1. The van der Waals surface area contributed by atoms with Gasteiger partial charge in [-0.15, -0.1) is 0 Å². The van der Waals surface area contributed by atoms with Gasteiger partial charge in [0.1, 0.15) is 0 Å². The van der Waals surface area contributed by atoms with E-state index in [2.05, 4.69) is 21.2 Å². The number of rotatable bonds is 4. The average molecular weight is 395 g/mol. The van der Waals surface area contributed by atoms with Crippen LogP contribution >= 0.6 is 35.4 Å². The van der Waals surface area contributed by atoms with Crippen molar-refractivity contribution < 1.29 is 4.79 Å². The Morgan fingerprint density at radius 1 is 1.00 bits per heavy atom. The van der Waals surface area contributed by atoms with Crippen LogP contribution in [0.5, 0.6) is 0 Å². The molecule has 0 aliphatic carbocycles. The van der Waals surface area contributed by atoms with E-state index in [1.165, 1.54) is 6.92 Å². The second-order valence-corrected chi connectivity index (χ2v) is 6.38. The first-order chi connectivity index (χ1) is 11.8. The zero-order chi connectivity index (χ0) is 18.4. The first kappa shape index (κ1) is 19.2. The quantitative estimate of drug-likeness (QED) is 0.400. The van der Waals surface area contributed by atoms with Gasteiger partial charge in [-0.2, -0.15) is 5.10 Å². The minimum atomic E-state index is -0.128. The number of hydrogen-bond donors (Lipinski definition) is 3. The summed E-state index contributed by atoms with van der Waals surface area (Å²) >= 11 is 17.0. The number of hydrazone groups is 1. The van der Waals surface area contributed by atoms with Gasteiger partial charge in [-0.1, -0.05) is 35.3 Å². The van der Waals surface area contributed by atoms with Crippen molar-refractivity contribution in [3.63, 3.8) is 0 Å². The highest BCUT2D eigenvalue weighted by Gasteiger charge is 2.03. The monoisotopic (exact) mass is 394 g/mol. The lowest BCUT2D eigenvalue weighted by molar-refractivity contribution is -0.114. The van der Waals surface area contributed by atoms with Gasteiger partial charge in [0, 0.05) is 18.3 Å². The predicted octanol–water partition coefficient (Wildman–Crippen LogP) is 4.66. The molecule has 3 N–H and O–H groups in total. The van der Waals surface area contributed by atoms with E-state index in [0.29, 0.717) is 32.2 Å². The Balaban J connectivity index is 2.01. The maximum Gasteiger partial charge on any atom is 0.221 e. The Kier molecular flexibility index (Phi) is 6.75. The smallest absolute Gasteiger partial charge is 0.221 e. The van der Waals surface area contributed by atoms with Gasteiger partial charge in [-0.25, -0.2) is 0 Å². The van der Waals surface area contributed by atoms with Crippen LogP contribution in [0.25, 0.3) is 0 Å². The summed E-state index contributed by atoms with van der Waals surface area (Å²) in [5.41, 5.74) is 5.75. The summed E-state index contributed by atoms with van der Waals surface area (Å²) in [4.78, 5) is 11.1. The summed E-state index contributed by atoms with van der Waals surface area (Å²) < 4.78 is 0. The molecule has 0 aromatic heterocycles. The minimum absolute atomic E-state index is 0.128. The topological polar surface area (TPSA) is 65.5 Å². The number of nitrogens with zero attached hydrogens (tertiary/aromatic N) is 1. The van der Waals surface area contributed by atoms with Crippen LogP contribution in [0.3, 0.4) is 0 Å². The molecule has 0 unspecified atom stereocenters. The van der Waals surface area contributed by atoms with Gasteiger partial charge in [0.05, 0.1) is 15.8 Å². The third-order valence-corrected chi connectivity index (χ3v) is 4.04. The van der Waals surface area contributed by atoms with E-state index < -0.39 is 0 Å². The molecule has 130 valence electrons. The van der Waals surface area contributed by atoms with Crippen LogP contribution in [-0.2, 0) is 4.79 Å². The lowest BCUT2D eigenvalue weighted by Gasteiger charge is -2.09. The Morgan fingerprint density at radius 2 is 1.72 bits per heavy atom. The Hall–Kier alpha value is -2.15. The number of anilines is 2. The zero-order valence-corrected chi connectivity index (χ0v) is 15.9. The first-order valence-electron chi connectivity index (χ1n) is 7.29. The van der Waals surface area contributed by atoms with Crippen LogP contribution in [0.2, 0.25) is 10.0 Å². The van der Waals surface area contributed by atoms with Crippen molar-refractivity contribution in [1.82, 2.24) is 5.43 Å². The molecular weight excluding hydrogens is 379 g/mol. The van der Waals surface area contributed by atoms with Gasteiger partial charge < -0.3 is 10.6 Å². The van der Waals surface area contributed by atoms with Gasteiger partial charge in [-0.3, -0.25) is 10.2 Å². The average Bonchev–Trinajstić information content (AvgIpc) is 2.55. The molecule has 0 aliphatic heterocycles. The van der Waals surface area contributed by atoms with Crippen molar-refractivity contribution in [2.45, 2.75) is 13.8 Å². The molecule has 2 rings (SSSR count). The van der Waals surface area contributed by atoms with Crippen molar-refractivity contribution >= 4 is 63.5 Å². The van der Waals surface area contributed by atoms with Crippen LogP contribution in [-0.4, -0.2) is 16.7 Å². The predicted molar refractivity (Wildman–Crippen MR) is 109 cm³/mol. The fourth-order valence-electron chi connectivity index (χ4n) is 1.96. The van der Waals surface area contributed by atoms with E-state index in [-0.39, 0.29) is 5.91 Å². The normalized spacial score (nSPS) is 11.0. The van der Waals surface area contributed by atoms with Crippen molar-refractivity contribution in [2.24, 2.45) is 5.10 Å². The third kappa shape index (κ3) is 6.01. The van der Waals surface area contributed by atoms with Gasteiger partial charge >= 0.3 is 0 Å². The molecule has 0 heterocycles. The molecule has 8 heteroatoms. The van der Waals surface area contributed by atoms with E-state index in [1.54, 1.807) is 18.2 Å². The van der Waals surface area contributed by atoms with Crippen LogP contribution in [0.15, 0.2) is 47.6 Å². The lowest BCUT2D eigenvalue weighted by Crippen LogP contribution is -2.25. The van der Waals surface area contributed by atoms with Crippen LogP contribution in [0.4, 0.5) is 11.4 Å². The van der Waals surface area contributed by atoms with E-state index >= 15 is 0 Å². The summed E-state index contributed by atoms with van der Waals surface area (Å²) in [5.74, 6) is -0.128. The fourth-order valence-corrected chi connectivity index (χ4v) is 2.42. The molecule has 0 spiro atoms. The number of hydrogen-bond acceptors (Lipinski definition) is 3. The van der Waals surface area contributed by atoms with Gasteiger partial charge in [0.2, 0.25) is 5.91 Å². The Morgan fingerprint density at radius 3 is 2.40 bits per heavy atom. The third-order valence-electron chi connectivity index (χ3n) is 3.10. The molecule has 0 aliphatic rings. The minimum Gasteiger partial charge on any atom is -0.331 e. The molecule has 0 bridgehead atoms. The Bertz CT molecular complexity index is 839. The summed E-state index contributed by atoms with van der Waals surface area (Å²) in [7, 11) is 0. The molecular formula is C17H16Cl2N4OS. The first-order valence-corrected chi connectivity index (χ1v) is 8.46. The van der Waals surface area contributed by atoms with Crippen molar-refractivity contribution in [3.05, 3.63) is 58.1 Å². The standard InChI is InChI=1S/C17H16Cl2N4OS/c1-10(12-4-3-5-13(8-12)20-11(2)24)22-23-17(25)21-14-6-7-15(18)16(19)9-14/h3-9H,1-2H3,(H,20,24)(H2,21,23,25)/b22-10-. The highest BCUT2D eigenvalue weighted by atomic mass is 35.5. The maximum atomic E-state index is 11.1. The number of carbonyl (C=O) groups is 1. The second-order valence-electron chi connectivity index (χ2n) is 5.15. The van der Waals surface area contributed by atoms with E-state index in [4.69, 9.17) is 35.4 Å². The molecule has 2 aromatic rings. The number of benzene rings is 2.